The average Bonchev–Trinajstić information content (AvgIpc) is 3.13. The first-order valence-corrected chi connectivity index (χ1v) is 8.79. The molecule has 2 heterocycles. The maximum atomic E-state index is 5.92. The van der Waals surface area contributed by atoms with Crippen molar-refractivity contribution in [3.8, 4) is 5.75 Å². The van der Waals surface area contributed by atoms with E-state index in [1.54, 1.807) is 18.4 Å². The van der Waals surface area contributed by atoms with E-state index < -0.39 is 0 Å². The molecule has 0 bridgehead atoms. The fourth-order valence-corrected chi connectivity index (χ4v) is 3.84. The van der Waals surface area contributed by atoms with Crippen molar-refractivity contribution in [2.24, 2.45) is 4.99 Å². The van der Waals surface area contributed by atoms with Gasteiger partial charge < -0.3 is 15.4 Å². The van der Waals surface area contributed by atoms with Gasteiger partial charge in [-0.3, -0.25) is 4.99 Å². The fraction of sp³-hybridized carbons (Fsp3) is 0.312. The predicted molar refractivity (Wildman–Crippen MR) is 110 cm³/mol. The number of nitrogens with zero attached hydrogens (tertiary/aromatic N) is 1. The smallest absolute Gasteiger partial charge is 0.191 e. The van der Waals surface area contributed by atoms with Crippen LogP contribution in [0.15, 0.2) is 45.2 Å². The topological polar surface area (TPSA) is 45.7 Å². The van der Waals surface area contributed by atoms with Gasteiger partial charge in [0.05, 0.1) is 16.9 Å². The first-order chi connectivity index (χ1) is 10.7. The van der Waals surface area contributed by atoms with E-state index in [1.807, 2.05) is 12.1 Å². The number of aliphatic imine (C=N–C) groups is 1. The molecule has 0 spiro atoms. The van der Waals surface area contributed by atoms with Crippen LogP contribution in [0, 0.1) is 0 Å². The van der Waals surface area contributed by atoms with Crippen LogP contribution in [0.1, 0.15) is 10.4 Å². The van der Waals surface area contributed by atoms with Crippen LogP contribution in [-0.4, -0.2) is 25.7 Å². The van der Waals surface area contributed by atoms with Gasteiger partial charge in [-0.1, -0.05) is 18.2 Å². The quantitative estimate of drug-likeness (QED) is 0.376. The Morgan fingerprint density at radius 3 is 2.83 bits per heavy atom. The summed E-state index contributed by atoms with van der Waals surface area (Å²) in [5.41, 5.74) is 1.28. The van der Waals surface area contributed by atoms with Crippen LogP contribution in [0.5, 0.6) is 5.75 Å². The van der Waals surface area contributed by atoms with Crippen LogP contribution in [-0.2, 0) is 13.0 Å². The lowest BCUT2D eigenvalue weighted by atomic mass is 10.1. The summed E-state index contributed by atoms with van der Waals surface area (Å²) in [6, 6.07) is 12.4. The maximum absolute atomic E-state index is 5.92. The van der Waals surface area contributed by atoms with E-state index >= 15 is 0 Å². The van der Waals surface area contributed by atoms with Crippen molar-refractivity contribution in [3.63, 3.8) is 0 Å². The molecule has 23 heavy (non-hydrogen) atoms. The third-order valence-electron chi connectivity index (χ3n) is 3.49. The second-order valence-electron chi connectivity index (χ2n) is 5.06. The lowest BCUT2D eigenvalue weighted by Gasteiger charge is -2.15. The van der Waals surface area contributed by atoms with E-state index in [2.05, 4.69) is 55.8 Å². The Hall–Kier alpha value is -0.800. The first-order valence-electron chi connectivity index (χ1n) is 7.18. The van der Waals surface area contributed by atoms with E-state index in [9.17, 15) is 0 Å². The number of hydrogen-bond donors (Lipinski definition) is 2. The van der Waals surface area contributed by atoms with Crippen LogP contribution in [0.2, 0.25) is 0 Å². The SMILES string of the molecule is CN=C(NCc1ccc(Br)s1)NCC1Cc2ccccc2O1.I. The number of guanidine groups is 1. The van der Waals surface area contributed by atoms with Crippen molar-refractivity contribution in [3.05, 3.63) is 50.6 Å². The lowest BCUT2D eigenvalue weighted by Crippen LogP contribution is -2.41. The summed E-state index contributed by atoms with van der Waals surface area (Å²) in [4.78, 5) is 5.52. The highest BCUT2D eigenvalue weighted by molar-refractivity contribution is 14.0. The summed E-state index contributed by atoms with van der Waals surface area (Å²) in [7, 11) is 1.78. The Morgan fingerprint density at radius 2 is 2.13 bits per heavy atom. The number of hydrogen-bond acceptors (Lipinski definition) is 3. The predicted octanol–water partition coefficient (Wildman–Crippen LogP) is 3.80. The third-order valence-corrected chi connectivity index (χ3v) is 5.12. The van der Waals surface area contributed by atoms with Gasteiger partial charge in [-0.25, -0.2) is 0 Å². The van der Waals surface area contributed by atoms with Crippen molar-refractivity contribution in [1.29, 1.82) is 0 Å². The summed E-state index contributed by atoms with van der Waals surface area (Å²) in [5.74, 6) is 1.80. The molecule has 0 fully saturated rings. The standard InChI is InChI=1S/C16H18BrN3OS.HI/c1-18-16(20-10-13-6-7-15(17)22-13)19-9-12-8-11-4-2-3-5-14(11)21-12;/h2-7,12H,8-10H2,1H3,(H2,18,19,20);1H. The number of nitrogens with one attached hydrogen (secondary N) is 2. The molecule has 0 aliphatic carbocycles. The van der Waals surface area contributed by atoms with E-state index in [-0.39, 0.29) is 30.1 Å². The molecule has 2 N–H and O–H groups in total. The molecule has 1 unspecified atom stereocenters. The van der Waals surface area contributed by atoms with Gasteiger partial charge in [-0.05, 0) is 39.7 Å². The number of ether oxygens (including phenoxy) is 1. The molecule has 1 aromatic carbocycles. The summed E-state index contributed by atoms with van der Waals surface area (Å²) in [5, 5.41) is 6.65. The Balaban J connectivity index is 0.00000192. The molecule has 3 rings (SSSR count). The minimum atomic E-state index is 0. The number of para-hydroxylation sites is 1. The number of fused-ring (bicyclic) bond motifs is 1. The number of halogens is 2. The Labute approximate surface area is 165 Å². The second-order valence-corrected chi connectivity index (χ2v) is 7.61. The molecule has 0 saturated carbocycles. The molecule has 0 radical (unpaired) electrons. The van der Waals surface area contributed by atoms with Crippen LogP contribution >= 0.6 is 51.2 Å². The largest absolute Gasteiger partial charge is 0.488 e. The molecule has 0 amide bonds. The molecule has 1 aliphatic rings. The summed E-state index contributed by atoms with van der Waals surface area (Å²) in [6.07, 6.45) is 1.10. The number of rotatable bonds is 4. The number of benzene rings is 1. The van der Waals surface area contributed by atoms with E-state index in [0.717, 1.165) is 35.0 Å². The molecule has 4 nitrogen and oxygen atoms in total. The minimum Gasteiger partial charge on any atom is -0.488 e. The van der Waals surface area contributed by atoms with Gasteiger partial charge in [-0.2, -0.15) is 0 Å². The summed E-state index contributed by atoms with van der Waals surface area (Å²) < 4.78 is 7.06. The monoisotopic (exact) mass is 507 g/mol. The highest BCUT2D eigenvalue weighted by Gasteiger charge is 2.22. The van der Waals surface area contributed by atoms with Gasteiger partial charge in [0.15, 0.2) is 5.96 Å². The molecule has 0 saturated heterocycles. The van der Waals surface area contributed by atoms with E-state index in [0.29, 0.717) is 0 Å². The Bertz CT molecular complexity index is 652. The first kappa shape index (κ1) is 18.5. The van der Waals surface area contributed by atoms with E-state index in [4.69, 9.17) is 4.74 Å². The van der Waals surface area contributed by atoms with Gasteiger partial charge in [0.25, 0.3) is 0 Å². The molecule has 124 valence electrons. The lowest BCUT2D eigenvalue weighted by molar-refractivity contribution is 0.235. The highest BCUT2D eigenvalue weighted by atomic mass is 127. The zero-order valence-corrected chi connectivity index (χ0v) is 17.4. The molecule has 1 atom stereocenters. The van der Waals surface area contributed by atoms with Gasteiger partial charge in [0, 0.05) is 18.3 Å². The second kappa shape index (κ2) is 8.89. The van der Waals surface area contributed by atoms with Gasteiger partial charge in [0.1, 0.15) is 11.9 Å². The summed E-state index contributed by atoms with van der Waals surface area (Å²) in [6.45, 7) is 1.50. The molecular weight excluding hydrogens is 489 g/mol. The average molecular weight is 508 g/mol. The Kier molecular flexibility index (Phi) is 7.16. The van der Waals surface area contributed by atoms with Crippen LogP contribution in [0.4, 0.5) is 0 Å². The van der Waals surface area contributed by atoms with Crippen molar-refractivity contribution in [2.75, 3.05) is 13.6 Å². The molecule has 1 aliphatic heterocycles. The van der Waals surface area contributed by atoms with Crippen molar-refractivity contribution >= 4 is 57.2 Å². The molecular formula is C16H19BrIN3OS. The van der Waals surface area contributed by atoms with Crippen molar-refractivity contribution in [2.45, 2.75) is 19.1 Å². The zero-order chi connectivity index (χ0) is 15.4. The van der Waals surface area contributed by atoms with Gasteiger partial charge >= 0.3 is 0 Å². The van der Waals surface area contributed by atoms with Crippen LogP contribution in [0.25, 0.3) is 0 Å². The fourth-order valence-electron chi connectivity index (χ4n) is 2.42. The minimum absolute atomic E-state index is 0. The Morgan fingerprint density at radius 1 is 1.30 bits per heavy atom. The molecule has 2 aromatic rings. The van der Waals surface area contributed by atoms with Gasteiger partial charge in [0.2, 0.25) is 0 Å². The highest BCUT2D eigenvalue weighted by Crippen LogP contribution is 2.27. The summed E-state index contributed by atoms with van der Waals surface area (Å²) >= 11 is 5.20. The van der Waals surface area contributed by atoms with Gasteiger partial charge in [-0.15, -0.1) is 35.3 Å². The molecule has 1 aromatic heterocycles. The maximum Gasteiger partial charge on any atom is 0.191 e. The third kappa shape index (κ3) is 5.09. The van der Waals surface area contributed by atoms with Crippen LogP contribution < -0.4 is 15.4 Å². The van der Waals surface area contributed by atoms with Crippen molar-refractivity contribution in [1.82, 2.24) is 10.6 Å². The normalized spacial score (nSPS) is 16.3. The number of thiophene rings is 1. The molecule has 7 heteroatoms. The zero-order valence-electron chi connectivity index (χ0n) is 12.7. The van der Waals surface area contributed by atoms with E-state index in [1.165, 1.54) is 10.4 Å². The van der Waals surface area contributed by atoms with Crippen LogP contribution in [0.3, 0.4) is 0 Å². The van der Waals surface area contributed by atoms with Crippen molar-refractivity contribution < 1.29 is 4.74 Å².